The summed E-state index contributed by atoms with van der Waals surface area (Å²) in [5, 5.41) is 7.12. The van der Waals surface area contributed by atoms with Crippen molar-refractivity contribution in [1.82, 2.24) is 24.1 Å². The fraction of sp³-hybridized carbons (Fsp3) is 0. The van der Waals surface area contributed by atoms with Gasteiger partial charge in [0.05, 0.1) is 22.1 Å². The number of nitrogens with zero attached hydrogens (tertiary/aromatic N) is 5. The molecule has 0 radical (unpaired) electrons. The Bertz CT molecular complexity index is 3900. The van der Waals surface area contributed by atoms with Crippen molar-refractivity contribution in [1.29, 1.82) is 0 Å². The van der Waals surface area contributed by atoms with Crippen molar-refractivity contribution in [3.8, 4) is 56.7 Å². The van der Waals surface area contributed by atoms with Crippen LogP contribution in [0.15, 0.2) is 212 Å². The highest BCUT2D eigenvalue weighted by Crippen LogP contribution is 2.42. The van der Waals surface area contributed by atoms with Gasteiger partial charge in [0.1, 0.15) is 0 Å². The molecule has 294 valence electrons. The molecular weight excluding hydrogens is 787 g/mol. The predicted octanol–water partition coefficient (Wildman–Crippen LogP) is 15.1. The van der Waals surface area contributed by atoms with Crippen LogP contribution < -0.4 is 0 Å². The number of aromatic nitrogens is 5. The van der Waals surface area contributed by atoms with Crippen molar-refractivity contribution in [2.75, 3.05) is 0 Å². The van der Waals surface area contributed by atoms with Gasteiger partial charge in [-0.15, -0.1) is 11.3 Å². The van der Waals surface area contributed by atoms with E-state index >= 15 is 0 Å². The molecule has 0 fully saturated rings. The van der Waals surface area contributed by atoms with E-state index in [0.29, 0.717) is 17.5 Å². The molecule has 0 N–H and O–H groups in total. The van der Waals surface area contributed by atoms with Crippen molar-refractivity contribution in [2.45, 2.75) is 0 Å². The fourth-order valence-electron chi connectivity index (χ4n) is 9.51. The number of para-hydroxylation sites is 3. The molecule has 0 aliphatic rings. The van der Waals surface area contributed by atoms with E-state index in [1.165, 1.54) is 42.0 Å². The molecule has 0 atom stereocenters. The number of benzene rings is 9. The van der Waals surface area contributed by atoms with Gasteiger partial charge in [0.2, 0.25) is 0 Å². The summed E-state index contributed by atoms with van der Waals surface area (Å²) in [6.45, 7) is 0. The van der Waals surface area contributed by atoms with Gasteiger partial charge in [-0.2, -0.15) is 0 Å². The normalized spacial score (nSPS) is 11.8. The topological polar surface area (TPSA) is 48.5 Å². The van der Waals surface area contributed by atoms with Crippen molar-refractivity contribution in [3.63, 3.8) is 0 Å². The minimum atomic E-state index is 0.632. The zero-order chi connectivity index (χ0) is 41.4. The summed E-state index contributed by atoms with van der Waals surface area (Å²) < 4.78 is 7.24. The van der Waals surface area contributed by atoms with Gasteiger partial charge in [0.25, 0.3) is 0 Å². The number of rotatable bonds is 6. The molecule has 4 aromatic heterocycles. The molecule has 0 bridgehead atoms. The number of thiophene rings is 1. The maximum Gasteiger partial charge on any atom is 0.164 e. The lowest BCUT2D eigenvalue weighted by atomic mass is 9.99. The summed E-state index contributed by atoms with van der Waals surface area (Å²) in [5.74, 6) is 1.91. The summed E-state index contributed by atoms with van der Waals surface area (Å²) in [5.41, 5.74) is 12.0. The first-order valence-corrected chi connectivity index (χ1v) is 22.0. The highest BCUT2D eigenvalue weighted by Gasteiger charge is 2.21. The molecule has 0 aliphatic carbocycles. The summed E-state index contributed by atoms with van der Waals surface area (Å²) in [6.07, 6.45) is 0. The summed E-state index contributed by atoms with van der Waals surface area (Å²) in [6, 6.07) is 75.7. The maximum absolute atomic E-state index is 5.35. The molecule has 0 unspecified atom stereocenters. The molecule has 6 heteroatoms. The monoisotopic (exact) mass is 821 g/mol. The molecule has 0 saturated heterocycles. The summed E-state index contributed by atoms with van der Waals surface area (Å²) in [7, 11) is 0. The Labute approximate surface area is 366 Å². The molecule has 5 nitrogen and oxygen atoms in total. The van der Waals surface area contributed by atoms with Crippen LogP contribution in [0.1, 0.15) is 0 Å². The van der Waals surface area contributed by atoms with E-state index in [0.717, 1.165) is 61.0 Å². The first-order valence-electron chi connectivity index (χ1n) is 21.2. The minimum Gasteiger partial charge on any atom is -0.309 e. The van der Waals surface area contributed by atoms with E-state index in [9.17, 15) is 0 Å². The van der Waals surface area contributed by atoms with Crippen LogP contribution in [0.2, 0.25) is 0 Å². The molecule has 0 amide bonds. The third-order valence-electron chi connectivity index (χ3n) is 12.4. The predicted molar refractivity (Wildman–Crippen MR) is 263 cm³/mol. The van der Waals surface area contributed by atoms with Gasteiger partial charge in [-0.3, -0.25) is 0 Å². The van der Waals surface area contributed by atoms with Gasteiger partial charge in [0.15, 0.2) is 17.5 Å². The van der Waals surface area contributed by atoms with Gasteiger partial charge in [-0.25, -0.2) is 15.0 Å². The van der Waals surface area contributed by atoms with Crippen LogP contribution in [0.3, 0.4) is 0 Å². The van der Waals surface area contributed by atoms with Crippen LogP contribution in [0.25, 0.3) is 120 Å². The van der Waals surface area contributed by atoms with E-state index in [1.807, 2.05) is 29.5 Å². The second-order valence-corrected chi connectivity index (χ2v) is 17.1. The number of hydrogen-bond donors (Lipinski definition) is 0. The average Bonchev–Trinajstić information content (AvgIpc) is 4.01. The lowest BCUT2D eigenvalue weighted by molar-refractivity contribution is 1.08. The molecule has 4 heterocycles. The Kier molecular flexibility index (Phi) is 8.01. The molecule has 13 rings (SSSR count). The van der Waals surface area contributed by atoms with Gasteiger partial charge >= 0.3 is 0 Å². The van der Waals surface area contributed by atoms with Gasteiger partial charge in [-0.1, -0.05) is 127 Å². The van der Waals surface area contributed by atoms with Gasteiger partial charge in [-0.05, 0) is 96.1 Å². The minimum absolute atomic E-state index is 0.632. The Morgan fingerprint density at radius 1 is 0.302 bits per heavy atom. The second kappa shape index (κ2) is 14.2. The Morgan fingerprint density at radius 3 is 1.56 bits per heavy atom. The summed E-state index contributed by atoms with van der Waals surface area (Å²) in [4.78, 5) is 15.8. The molecule has 63 heavy (non-hydrogen) atoms. The molecule has 0 spiro atoms. The standard InChI is InChI=1S/C57H35N5S/c1-4-15-36(16-5-1)55-58-56(39-29-32-53-46(35-39)43-22-11-13-26-52(43)63-53)60-57(59-55)44-23-14-25-51-54(44)47-34-38(28-31-50(47)62(51)41-19-8-3-9-20-41)37-27-30-49-45(33-37)42-21-10-12-24-48(42)61(49)40-17-6-2-7-18-40/h1-35H. The zero-order valence-corrected chi connectivity index (χ0v) is 34.7. The van der Waals surface area contributed by atoms with E-state index in [1.54, 1.807) is 0 Å². The molecule has 9 aromatic carbocycles. The molecule has 0 saturated carbocycles. The summed E-state index contributed by atoms with van der Waals surface area (Å²) >= 11 is 1.81. The average molecular weight is 822 g/mol. The third-order valence-corrected chi connectivity index (χ3v) is 13.5. The van der Waals surface area contributed by atoms with Crippen LogP contribution >= 0.6 is 11.3 Å². The first kappa shape index (κ1) is 35.6. The highest BCUT2D eigenvalue weighted by atomic mass is 32.1. The van der Waals surface area contributed by atoms with Crippen molar-refractivity contribution in [2.24, 2.45) is 0 Å². The SMILES string of the molecule is c1ccc(-c2nc(-c3ccc4sc5ccccc5c4c3)nc(-c3cccc4c3c3cc(-c5ccc6c(c5)c5ccccc5n6-c5ccccc5)ccc3n4-c3ccccc3)n2)cc1. The first-order chi connectivity index (χ1) is 31.2. The Hall–Kier alpha value is -8.19. The van der Waals surface area contributed by atoms with Crippen LogP contribution in [0.4, 0.5) is 0 Å². The van der Waals surface area contributed by atoms with Crippen LogP contribution in [-0.4, -0.2) is 24.1 Å². The van der Waals surface area contributed by atoms with E-state index < -0.39 is 0 Å². The van der Waals surface area contributed by atoms with Crippen LogP contribution in [0.5, 0.6) is 0 Å². The van der Waals surface area contributed by atoms with Crippen molar-refractivity contribution >= 4 is 75.1 Å². The van der Waals surface area contributed by atoms with Crippen LogP contribution in [0, 0.1) is 0 Å². The van der Waals surface area contributed by atoms with E-state index in [-0.39, 0.29) is 0 Å². The lowest BCUT2D eigenvalue weighted by Crippen LogP contribution is -2.00. The van der Waals surface area contributed by atoms with E-state index in [2.05, 4.69) is 203 Å². The van der Waals surface area contributed by atoms with Crippen molar-refractivity contribution in [3.05, 3.63) is 212 Å². The van der Waals surface area contributed by atoms with Crippen molar-refractivity contribution < 1.29 is 0 Å². The molecule has 13 aromatic rings. The molecule has 0 aliphatic heterocycles. The third kappa shape index (κ3) is 5.73. The zero-order valence-electron chi connectivity index (χ0n) is 33.9. The second-order valence-electron chi connectivity index (χ2n) is 16.0. The van der Waals surface area contributed by atoms with Gasteiger partial charge < -0.3 is 9.13 Å². The lowest BCUT2D eigenvalue weighted by Gasteiger charge is -2.10. The molecular formula is C57H35N5S. The highest BCUT2D eigenvalue weighted by molar-refractivity contribution is 7.25. The largest absolute Gasteiger partial charge is 0.309 e. The number of hydrogen-bond acceptors (Lipinski definition) is 4. The number of fused-ring (bicyclic) bond motifs is 9. The van der Waals surface area contributed by atoms with Gasteiger partial charge in [0, 0.05) is 69.8 Å². The Balaban J connectivity index is 1.05. The van der Waals surface area contributed by atoms with Crippen LogP contribution in [-0.2, 0) is 0 Å². The maximum atomic E-state index is 5.35. The fourth-order valence-corrected chi connectivity index (χ4v) is 10.6. The quantitative estimate of drug-likeness (QED) is 0.168. The Morgan fingerprint density at radius 2 is 0.810 bits per heavy atom. The smallest absolute Gasteiger partial charge is 0.164 e. The van der Waals surface area contributed by atoms with E-state index in [4.69, 9.17) is 15.0 Å².